The molecule has 0 saturated carbocycles. The number of piperidine rings is 1. The van der Waals surface area contributed by atoms with Crippen molar-refractivity contribution in [3.8, 4) is 0 Å². The van der Waals surface area contributed by atoms with Crippen LogP contribution < -0.4 is 10.2 Å². The van der Waals surface area contributed by atoms with E-state index in [4.69, 9.17) is 0 Å². The van der Waals surface area contributed by atoms with Crippen LogP contribution in [0.4, 0.5) is 11.5 Å². The molecule has 1 aliphatic rings. The van der Waals surface area contributed by atoms with Crippen LogP contribution in [0.3, 0.4) is 0 Å². The molecule has 0 aromatic carbocycles. The Morgan fingerprint density at radius 2 is 2.12 bits per heavy atom. The number of amides is 1. The lowest BCUT2D eigenvalue weighted by atomic mass is 10.1. The van der Waals surface area contributed by atoms with Gasteiger partial charge >= 0.3 is 0 Å². The Hall–Kier alpha value is -1.58. The average Bonchev–Trinajstić information content (AvgIpc) is 2.40. The summed E-state index contributed by atoms with van der Waals surface area (Å²) in [5, 5.41) is 2.75. The quantitative estimate of drug-likeness (QED) is 0.872. The number of hydrogen-bond donors (Lipinski definition) is 1. The van der Waals surface area contributed by atoms with Gasteiger partial charge in [-0.05, 0) is 31.4 Å². The van der Waals surface area contributed by atoms with Gasteiger partial charge in [-0.25, -0.2) is 4.98 Å². The number of anilines is 2. The summed E-state index contributed by atoms with van der Waals surface area (Å²) in [4.78, 5) is 17.8. The van der Waals surface area contributed by atoms with E-state index in [9.17, 15) is 4.79 Å². The van der Waals surface area contributed by atoms with Crippen LogP contribution in [0.15, 0.2) is 18.3 Å². The zero-order valence-corrected chi connectivity index (χ0v) is 10.3. The second kappa shape index (κ2) is 5.66. The highest BCUT2D eigenvalue weighted by Crippen LogP contribution is 2.19. The minimum Gasteiger partial charge on any atom is -0.370 e. The van der Waals surface area contributed by atoms with Gasteiger partial charge in [0.25, 0.3) is 0 Å². The third-order valence-electron chi connectivity index (χ3n) is 3.06. The van der Waals surface area contributed by atoms with Gasteiger partial charge in [0.2, 0.25) is 5.91 Å². The van der Waals surface area contributed by atoms with Crippen molar-refractivity contribution in [2.24, 2.45) is 0 Å². The molecule has 2 rings (SSSR count). The molecule has 4 nitrogen and oxygen atoms in total. The molecule has 0 atom stereocenters. The smallest absolute Gasteiger partial charge is 0.225 e. The third kappa shape index (κ3) is 3.19. The Balaban J connectivity index is 1.99. The lowest BCUT2D eigenvalue weighted by molar-refractivity contribution is -0.115. The number of nitrogens with one attached hydrogen (secondary N) is 1. The van der Waals surface area contributed by atoms with Crippen LogP contribution in [0.25, 0.3) is 0 Å². The van der Waals surface area contributed by atoms with Gasteiger partial charge in [-0.15, -0.1) is 0 Å². The summed E-state index contributed by atoms with van der Waals surface area (Å²) in [6.07, 6.45) is 6.17. The molecule has 1 aliphatic heterocycles. The Morgan fingerprint density at radius 1 is 1.35 bits per heavy atom. The molecule has 0 aliphatic carbocycles. The van der Waals surface area contributed by atoms with Crippen LogP contribution in [-0.4, -0.2) is 24.0 Å². The zero-order valence-electron chi connectivity index (χ0n) is 10.3. The molecule has 2 heterocycles. The second-order valence-electron chi connectivity index (χ2n) is 4.35. The molecule has 1 saturated heterocycles. The van der Waals surface area contributed by atoms with E-state index in [0.29, 0.717) is 12.2 Å². The third-order valence-corrected chi connectivity index (χ3v) is 3.06. The van der Waals surface area contributed by atoms with Crippen LogP contribution in [0.2, 0.25) is 0 Å². The van der Waals surface area contributed by atoms with Gasteiger partial charge in [0, 0.05) is 19.5 Å². The molecule has 1 aromatic rings. The molecular weight excluding hydrogens is 214 g/mol. The van der Waals surface area contributed by atoms with Crippen molar-refractivity contribution in [2.45, 2.75) is 32.6 Å². The van der Waals surface area contributed by atoms with Crippen LogP contribution in [0.1, 0.15) is 32.6 Å². The maximum Gasteiger partial charge on any atom is 0.225 e. The van der Waals surface area contributed by atoms with E-state index in [1.807, 2.05) is 25.3 Å². The number of aromatic nitrogens is 1. The predicted octanol–water partition coefficient (Wildman–Crippen LogP) is 2.42. The first-order chi connectivity index (χ1) is 8.29. The van der Waals surface area contributed by atoms with Gasteiger partial charge < -0.3 is 10.2 Å². The van der Waals surface area contributed by atoms with E-state index in [1.165, 1.54) is 19.3 Å². The van der Waals surface area contributed by atoms with Gasteiger partial charge in [-0.1, -0.05) is 6.92 Å². The SMILES string of the molecule is CCC(=O)Nc1ccc(N2CCCCC2)cn1. The Bertz CT molecular complexity index is 369. The van der Waals surface area contributed by atoms with E-state index >= 15 is 0 Å². The first kappa shape index (κ1) is 11.9. The average molecular weight is 233 g/mol. The minimum atomic E-state index is 0.00298. The first-order valence-corrected chi connectivity index (χ1v) is 6.30. The number of carbonyl (C=O) groups excluding carboxylic acids is 1. The maximum atomic E-state index is 11.2. The van der Waals surface area contributed by atoms with E-state index in [-0.39, 0.29) is 5.91 Å². The van der Waals surface area contributed by atoms with E-state index in [2.05, 4.69) is 15.2 Å². The Kier molecular flexibility index (Phi) is 3.96. The lowest BCUT2D eigenvalue weighted by Crippen LogP contribution is -2.29. The van der Waals surface area contributed by atoms with Crippen molar-refractivity contribution in [1.29, 1.82) is 0 Å². The fourth-order valence-corrected chi connectivity index (χ4v) is 2.03. The summed E-state index contributed by atoms with van der Waals surface area (Å²) >= 11 is 0. The van der Waals surface area contributed by atoms with Crippen molar-refractivity contribution in [3.63, 3.8) is 0 Å². The van der Waals surface area contributed by atoms with Crippen molar-refractivity contribution >= 4 is 17.4 Å². The van der Waals surface area contributed by atoms with E-state index < -0.39 is 0 Å². The maximum absolute atomic E-state index is 11.2. The summed E-state index contributed by atoms with van der Waals surface area (Å²) < 4.78 is 0. The fourth-order valence-electron chi connectivity index (χ4n) is 2.03. The molecule has 1 amide bonds. The van der Waals surface area contributed by atoms with Crippen LogP contribution in [-0.2, 0) is 4.79 Å². The Labute approximate surface area is 102 Å². The molecule has 0 spiro atoms. The number of carbonyl (C=O) groups is 1. The molecule has 92 valence electrons. The molecule has 17 heavy (non-hydrogen) atoms. The standard InChI is InChI=1S/C13H19N3O/c1-2-13(17)15-12-7-6-11(10-14-12)16-8-4-3-5-9-16/h6-7,10H,2-5,8-9H2,1H3,(H,14,15,17). The molecule has 1 N–H and O–H groups in total. The monoisotopic (exact) mass is 233 g/mol. The normalized spacial score (nSPS) is 15.7. The minimum absolute atomic E-state index is 0.00298. The zero-order chi connectivity index (χ0) is 12.1. The van der Waals surface area contributed by atoms with Crippen LogP contribution >= 0.6 is 0 Å². The van der Waals surface area contributed by atoms with Gasteiger partial charge in [0.05, 0.1) is 11.9 Å². The van der Waals surface area contributed by atoms with Crippen molar-refractivity contribution < 1.29 is 4.79 Å². The highest BCUT2D eigenvalue weighted by atomic mass is 16.1. The summed E-state index contributed by atoms with van der Waals surface area (Å²) in [6.45, 7) is 4.06. The number of nitrogens with zero attached hydrogens (tertiary/aromatic N) is 2. The lowest BCUT2D eigenvalue weighted by Gasteiger charge is -2.28. The van der Waals surface area contributed by atoms with Crippen molar-refractivity contribution in [3.05, 3.63) is 18.3 Å². The topological polar surface area (TPSA) is 45.2 Å². The summed E-state index contributed by atoms with van der Waals surface area (Å²) in [5.74, 6) is 0.640. The van der Waals surface area contributed by atoms with Gasteiger partial charge in [-0.3, -0.25) is 4.79 Å². The molecule has 0 unspecified atom stereocenters. The number of pyridine rings is 1. The predicted molar refractivity (Wildman–Crippen MR) is 69.2 cm³/mol. The van der Waals surface area contributed by atoms with E-state index in [1.54, 1.807) is 0 Å². The molecule has 4 heteroatoms. The second-order valence-corrected chi connectivity index (χ2v) is 4.35. The van der Waals surface area contributed by atoms with Crippen molar-refractivity contribution in [1.82, 2.24) is 4.98 Å². The molecule has 0 bridgehead atoms. The van der Waals surface area contributed by atoms with Gasteiger partial charge in [0.1, 0.15) is 5.82 Å². The fraction of sp³-hybridized carbons (Fsp3) is 0.538. The highest BCUT2D eigenvalue weighted by Gasteiger charge is 2.11. The summed E-state index contributed by atoms with van der Waals surface area (Å²) in [5.41, 5.74) is 1.15. The number of hydrogen-bond acceptors (Lipinski definition) is 3. The Morgan fingerprint density at radius 3 is 2.71 bits per heavy atom. The molecule has 0 radical (unpaired) electrons. The highest BCUT2D eigenvalue weighted by molar-refractivity contribution is 5.89. The molecule has 1 fully saturated rings. The van der Waals surface area contributed by atoms with Crippen molar-refractivity contribution in [2.75, 3.05) is 23.3 Å². The summed E-state index contributed by atoms with van der Waals surface area (Å²) in [6, 6.07) is 3.90. The van der Waals surface area contributed by atoms with Gasteiger partial charge in [-0.2, -0.15) is 0 Å². The molecular formula is C13H19N3O. The van der Waals surface area contributed by atoms with Crippen LogP contribution in [0.5, 0.6) is 0 Å². The summed E-state index contributed by atoms with van der Waals surface area (Å²) in [7, 11) is 0. The van der Waals surface area contributed by atoms with E-state index in [0.717, 1.165) is 18.8 Å². The molecule has 1 aromatic heterocycles. The van der Waals surface area contributed by atoms with Gasteiger partial charge in [0.15, 0.2) is 0 Å². The largest absolute Gasteiger partial charge is 0.370 e. The number of rotatable bonds is 3. The first-order valence-electron chi connectivity index (χ1n) is 6.30. The van der Waals surface area contributed by atoms with Crippen LogP contribution in [0, 0.1) is 0 Å².